The van der Waals surface area contributed by atoms with Gasteiger partial charge in [-0.1, -0.05) is 6.07 Å². The molecule has 2 heterocycles. The Kier molecular flexibility index (Phi) is 3.50. The largest absolute Gasteiger partial charge is 0.497 e. The zero-order chi connectivity index (χ0) is 13.8. The lowest BCUT2D eigenvalue weighted by molar-refractivity contribution is 0.413. The molecule has 0 unspecified atom stereocenters. The number of ether oxygens (including phenoxy) is 1. The third-order valence-electron chi connectivity index (χ3n) is 3.11. The molecule has 0 spiro atoms. The van der Waals surface area contributed by atoms with E-state index >= 15 is 0 Å². The van der Waals surface area contributed by atoms with Gasteiger partial charge in [-0.3, -0.25) is 0 Å². The fraction of sp³-hybridized carbons (Fsp3) is 0.200. The molecule has 0 fully saturated rings. The second-order valence-corrected chi connectivity index (χ2v) is 4.66. The first-order chi connectivity index (χ1) is 9.83. The number of imidazole rings is 2. The average molecular weight is 268 g/mol. The van der Waals surface area contributed by atoms with Crippen LogP contribution < -0.4 is 4.74 Å². The Morgan fingerprint density at radius 1 is 0.900 bits per heavy atom. The van der Waals surface area contributed by atoms with Crippen LogP contribution in [0.5, 0.6) is 5.75 Å². The molecule has 0 radical (unpaired) electrons. The van der Waals surface area contributed by atoms with Crippen molar-refractivity contribution in [3.8, 4) is 5.75 Å². The summed E-state index contributed by atoms with van der Waals surface area (Å²) < 4.78 is 9.46. The van der Waals surface area contributed by atoms with Gasteiger partial charge in [0.25, 0.3) is 0 Å². The average Bonchev–Trinajstić information content (AvgIpc) is 3.12. The third-order valence-corrected chi connectivity index (χ3v) is 3.11. The first-order valence-electron chi connectivity index (χ1n) is 6.42. The standard InChI is InChI=1S/C15H16N4O/c1-20-15-7-13(9-18-4-2-16-11-18)6-14(8-15)10-19-5-3-17-12-19/h2-8,11-12H,9-10H2,1H3. The van der Waals surface area contributed by atoms with Gasteiger partial charge in [0, 0.05) is 37.9 Å². The van der Waals surface area contributed by atoms with E-state index in [-0.39, 0.29) is 0 Å². The topological polar surface area (TPSA) is 44.9 Å². The molecule has 20 heavy (non-hydrogen) atoms. The second kappa shape index (κ2) is 5.61. The van der Waals surface area contributed by atoms with Crippen molar-refractivity contribution in [2.45, 2.75) is 13.1 Å². The van der Waals surface area contributed by atoms with Gasteiger partial charge in [0.15, 0.2) is 0 Å². The number of benzene rings is 1. The van der Waals surface area contributed by atoms with Gasteiger partial charge >= 0.3 is 0 Å². The lowest BCUT2D eigenvalue weighted by atomic mass is 10.1. The van der Waals surface area contributed by atoms with Crippen molar-refractivity contribution in [3.05, 3.63) is 66.8 Å². The molecule has 0 atom stereocenters. The summed E-state index contributed by atoms with van der Waals surface area (Å²) in [6.07, 6.45) is 11.1. The minimum Gasteiger partial charge on any atom is -0.497 e. The van der Waals surface area contributed by atoms with Gasteiger partial charge in [-0.05, 0) is 23.3 Å². The van der Waals surface area contributed by atoms with Gasteiger partial charge in [0.05, 0.1) is 19.8 Å². The van der Waals surface area contributed by atoms with Crippen LogP contribution in [-0.2, 0) is 13.1 Å². The Morgan fingerprint density at radius 2 is 1.45 bits per heavy atom. The second-order valence-electron chi connectivity index (χ2n) is 4.66. The Hall–Kier alpha value is -2.56. The summed E-state index contributed by atoms with van der Waals surface area (Å²) in [5.41, 5.74) is 2.38. The molecular weight excluding hydrogens is 252 g/mol. The van der Waals surface area contributed by atoms with Crippen molar-refractivity contribution in [1.82, 2.24) is 19.1 Å². The van der Waals surface area contributed by atoms with Crippen molar-refractivity contribution in [2.75, 3.05) is 7.11 Å². The molecular formula is C15H16N4O. The molecule has 5 nitrogen and oxygen atoms in total. The first kappa shape index (κ1) is 12.5. The van der Waals surface area contributed by atoms with E-state index in [1.807, 2.05) is 34.2 Å². The molecule has 0 amide bonds. The van der Waals surface area contributed by atoms with Crippen LogP contribution in [0.3, 0.4) is 0 Å². The Bertz CT molecular complexity index is 605. The van der Waals surface area contributed by atoms with Crippen LogP contribution in [0.4, 0.5) is 0 Å². The van der Waals surface area contributed by atoms with Crippen LogP contribution in [-0.4, -0.2) is 26.2 Å². The van der Waals surface area contributed by atoms with Gasteiger partial charge in [-0.15, -0.1) is 0 Å². The Labute approximate surface area is 117 Å². The number of rotatable bonds is 5. The van der Waals surface area contributed by atoms with Crippen LogP contribution in [0.2, 0.25) is 0 Å². The zero-order valence-electron chi connectivity index (χ0n) is 11.3. The van der Waals surface area contributed by atoms with Gasteiger partial charge < -0.3 is 13.9 Å². The monoisotopic (exact) mass is 268 g/mol. The molecule has 1 aromatic carbocycles. The van der Waals surface area contributed by atoms with E-state index in [0.717, 1.165) is 18.8 Å². The van der Waals surface area contributed by atoms with E-state index in [4.69, 9.17) is 4.74 Å². The lowest BCUT2D eigenvalue weighted by Gasteiger charge is -2.10. The first-order valence-corrected chi connectivity index (χ1v) is 6.42. The number of nitrogens with zero attached hydrogens (tertiary/aromatic N) is 4. The molecule has 0 bridgehead atoms. The molecule has 3 rings (SSSR count). The molecule has 0 saturated carbocycles. The van der Waals surface area contributed by atoms with Crippen LogP contribution in [0.15, 0.2) is 55.6 Å². The smallest absolute Gasteiger partial charge is 0.119 e. The Balaban J connectivity index is 1.86. The highest BCUT2D eigenvalue weighted by atomic mass is 16.5. The molecule has 0 aliphatic carbocycles. The number of hydrogen-bond acceptors (Lipinski definition) is 3. The maximum Gasteiger partial charge on any atom is 0.119 e. The van der Waals surface area contributed by atoms with Gasteiger partial charge in [0.2, 0.25) is 0 Å². The van der Waals surface area contributed by atoms with E-state index in [9.17, 15) is 0 Å². The highest BCUT2D eigenvalue weighted by molar-refractivity contribution is 5.35. The van der Waals surface area contributed by atoms with E-state index in [1.165, 1.54) is 11.1 Å². The summed E-state index contributed by atoms with van der Waals surface area (Å²) in [5.74, 6) is 0.873. The van der Waals surface area contributed by atoms with Crippen LogP contribution in [0, 0.1) is 0 Å². The quantitative estimate of drug-likeness (QED) is 0.712. The van der Waals surface area contributed by atoms with Crippen molar-refractivity contribution >= 4 is 0 Å². The molecule has 102 valence electrons. The summed E-state index contributed by atoms with van der Waals surface area (Å²) in [7, 11) is 1.69. The summed E-state index contributed by atoms with van der Waals surface area (Å²) in [5, 5.41) is 0. The lowest BCUT2D eigenvalue weighted by Crippen LogP contribution is -2.01. The minimum absolute atomic E-state index is 0.786. The van der Waals surface area contributed by atoms with Crippen LogP contribution >= 0.6 is 0 Å². The number of aromatic nitrogens is 4. The SMILES string of the molecule is COc1cc(Cn2ccnc2)cc(Cn2ccnc2)c1. The van der Waals surface area contributed by atoms with Gasteiger partial charge in [0.1, 0.15) is 5.75 Å². The molecule has 5 heteroatoms. The molecule has 3 aromatic rings. The predicted octanol–water partition coefficient (Wildman–Crippen LogP) is 2.18. The van der Waals surface area contributed by atoms with Crippen molar-refractivity contribution in [2.24, 2.45) is 0 Å². The van der Waals surface area contributed by atoms with E-state index in [2.05, 4.69) is 28.2 Å². The van der Waals surface area contributed by atoms with Gasteiger partial charge in [-0.25, -0.2) is 9.97 Å². The fourth-order valence-corrected chi connectivity index (χ4v) is 2.21. The maximum absolute atomic E-state index is 5.38. The van der Waals surface area contributed by atoms with Gasteiger partial charge in [-0.2, -0.15) is 0 Å². The Morgan fingerprint density at radius 3 is 1.85 bits per heavy atom. The highest BCUT2D eigenvalue weighted by Crippen LogP contribution is 2.18. The minimum atomic E-state index is 0.786. The van der Waals surface area contributed by atoms with E-state index in [0.29, 0.717) is 0 Å². The number of hydrogen-bond donors (Lipinski definition) is 0. The molecule has 0 aliphatic heterocycles. The zero-order valence-corrected chi connectivity index (χ0v) is 11.3. The van der Waals surface area contributed by atoms with Crippen LogP contribution in [0.25, 0.3) is 0 Å². The molecule has 0 saturated heterocycles. The van der Waals surface area contributed by atoms with Crippen LogP contribution in [0.1, 0.15) is 11.1 Å². The highest BCUT2D eigenvalue weighted by Gasteiger charge is 2.03. The van der Waals surface area contributed by atoms with Crippen molar-refractivity contribution < 1.29 is 4.74 Å². The third kappa shape index (κ3) is 2.88. The van der Waals surface area contributed by atoms with Crippen molar-refractivity contribution in [1.29, 1.82) is 0 Å². The van der Waals surface area contributed by atoms with E-state index < -0.39 is 0 Å². The predicted molar refractivity (Wildman–Crippen MR) is 75.7 cm³/mol. The number of methoxy groups -OCH3 is 1. The molecule has 2 aromatic heterocycles. The molecule has 0 N–H and O–H groups in total. The molecule has 0 aliphatic rings. The fourth-order valence-electron chi connectivity index (χ4n) is 2.21. The summed E-state index contributed by atoms with van der Waals surface area (Å²) in [6, 6.07) is 6.29. The summed E-state index contributed by atoms with van der Waals surface area (Å²) >= 11 is 0. The summed E-state index contributed by atoms with van der Waals surface area (Å²) in [6.45, 7) is 1.57. The normalized spacial score (nSPS) is 10.7. The van der Waals surface area contributed by atoms with Crippen molar-refractivity contribution in [3.63, 3.8) is 0 Å². The van der Waals surface area contributed by atoms with E-state index in [1.54, 1.807) is 19.5 Å². The maximum atomic E-state index is 5.38. The summed E-state index contributed by atoms with van der Waals surface area (Å²) in [4.78, 5) is 8.13.